The van der Waals surface area contributed by atoms with Crippen LogP contribution in [0.15, 0.2) is 29.2 Å². The summed E-state index contributed by atoms with van der Waals surface area (Å²) in [5, 5.41) is 3.62. The topological polar surface area (TPSA) is 41.6 Å². The van der Waals surface area contributed by atoms with E-state index in [1.165, 1.54) is 10.5 Å². The molecular formula is C18H28N2O2S. The van der Waals surface area contributed by atoms with Gasteiger partial charge in [0, 0.05) is 30.1 Å². The van der Waals surface area contributed by atoms with Gasteiger partial charge in [0.15, 0.2) is 0 Å². The van der Waals surface area contributed by atoms with Crippen LogP contribution >= 0.6 is 11.8 Å². The van der Waals surface area contributed by atoms with Crippen LogP contribution < -0.4 is 5.32 Å². The first-order valence-corrected chi connectivity index (χ1v) is 9.39. The Morgan fingerprint density at radius 2 is 2.00 bits per heavy atom. The average molecular weight is 337 g/mol. The van der Waals surface area contributed by atoms with Crippen LogP contribution in [0.4, 0.5) is 4.79 Å². The van der Waals surface area contributed by atoms with Crippen molar-refractivity contribution in [2.24, 2.45) is 0 Å². The second kappa shape index (κ2) is 7.58. The molecule has 0 spiro atoms. The van der Waals surface area contributed by atoms with E-state index in [4.69, 9.17) is 4.74 Å². The summed E-state index contributed by atoms with van der Waals surface area (Å²) in [6.07, 6.45) is 2.84. The van der Waals surface area contributed by atoms with E-state index in [0.717, 1.165) is 13.0 Å². The molecule has 1 aromatic rings. The van der Waals surface area contributed by atoms with Crippen molar-refractivity contribution in [2.45, 2.75) is 56.7 Å². The largest absolute Gasteiger partial charge is 0.444 e. The zero-order valence-electron chi connectivity index (χ0n) is 14.8. The molecular weight excluding hydrogens is 308 g/mol. The summed E-state index contributed by atoms with van der Waals surface area (Å²) < 4.78 is 5.44. The molecule has 1 aliphatic rings. The minimum Gasteiger partial charge on any atom is -0.444 e. The van der Waals surface area contributed by atoms with E-state index in [9.17, 15) is 4.79 Å². The molecule has 1 saturated heterocycles. The average Bonchev–Trinajstić information content (AvgIpc) is 2.94. The van der Waals surface area contributed by atoms with E-state index < -0.39 is 5.60 Å². The first-order valence-electron chi connectivity index (χ1n) is 8.16. The Balaban J connectivity index is 1.85. The van der Waals surface area contributed by atoms with E-state index in [2.05, 4.69) is 42.8 Å². The highest BCUT2D eigenvalue weighted by Crippen LogP contribution is 2.21. The lowest BCUT2D eigenvalue weighted by Crippen LogP contribution is -2.39. The fourth-order valence-electron chi connectivity index (χ4n) is 2.73. The van der Waals surface area contributed by atoms with Gasteiger partial charge >= 0.3 is 6.09 Å². The maximum atomic E-state index is 12.1. The normalized spacial score (nSPS) is 19.7. The minimum atomic E-state index is -0.436. The van der Waals surface area contributed by atoms with Crippen LogP contribution in [-0.2, 0) is 4.74 Å². The van der Waals surface area contributed by atoms with Crippen LogP contribution in [0.25, 0.3) is 0 Å². The van der Waals surface area contributed by atoms with Crippen molar-refractivity contribution < 1.29 is 9.53 Å². The Morgan fingerprint density at radius 1 is 1.35 bits per heavy atom. The van der Waals surface area contributed by atoms with Crippen molar-refractivity contribution in [3.05, 3.63) is 29.8 Å². The summed E-state index contributed by atoms with van der Waals surface area (Å²) >= 11 is 1.75. The zero-order valence-corrected chi connectivity index (χ0v) is 15.6. The standard InChI is InChI=1S/C18H28N2O2S/c1-13(14-6-8-16(23-5)9-7-14)19-15-10-11-20(12-15)17(21)22-18(2,3)4/h6-9,13,15,19H,10-12H2,1-5H3. The maximum Gasteiger partial charge on any atom is 0.410 e. The Morgan fingerprint density at radius 3 is 2.57 bits per heavy atom. The van der Waals surface area contributed by atoms with E-state index in [1.807, 2.05) is 20.8 Å². The number of thioether (sulfide) groups is 1. The highest BCUT2D eigenvalue weighted by molar-refractivity contribution is 7.98. The quantitative estimate of drug-likeness (QED) is 0.842. The van der Waals surface area contributed by atoms with Gasteiger partial charge in [0.2, 0.25) is 0 Å². The van der Waals surface area contributed by atoms with Crippen molar-refractivity contribution >= 4 is 17.9 Å². The molecule has 23 heavy (non-hydrogen) atoms. The molecule has 1 amide bonds. The van der Waals surface area contributed by atoms with Crippen LogP contribution in [0.5, 0.6) is 0 Å². The van der Waals surface area contributed by atoms with Crippen LogP contribution in [0.3, 0.4) is 0 Å². The lowest BCUT2D eigenvalue weighted by molar-refractivity contribution is 0.0290. The molecule has 0 aliphatic carbocycles. The number of hydrogen-bond acceptors (Lipinski definition) is 4. The second-order valence-corrected chi connectivity index (χ2v) is 7.95. The fourth-order valence-corrected chi connectivity index (χ4v) is 3.14. The zero-order chi connectivity index (χ0) is 17.0. The van der Waals surface area contributed by atoms with Crippen molar-refractivity contribution in [1.29, 1.82) is 0 Å². The van der Waals surface area contributed by atoms with Crippen molar-refractivity contribution in [2.75, 3.05) is 19.3 Å². The van der Waals surface area contributed by atoms with Gasteiger partial charge in [-0.1, -0.05) is 12.1 Å². The molecule has 0 radical (unpaired) electrons. The van der Waals surface area contributed by atoms with Crippen LogP contribution in [0.1, 0.15) is 45.7 Å². The SMILES string of the molecule is CSc1ccc(C(C)NC2CCN(C(=O)OC(C)(C)C)C2)cc1. The van der Waals surface area contributed by atoms with E-state index in [0.29, 0.717) is 12.6 Å². The number of ether oxygens (including phenoxy) is 1. The van der Waals surface area contributed by atoms with Crippen molar-refractivity contribution in [3.63, 3.8) is 0 Å². The van der Waals surface area contributed by atoms with Gasteiger partial charge in [-0.05, 0) is 58.1 Å². The van der Waals surface area contributed by atoms with Gasteiger partial charge in [-0.2, -0.15) is 0 Å². The third-order valence-corrected chi connectivity index (χ3v) is 4.69. The number of carbonyl (C=O) groups excluding carboxylic acids is 1. The third-order valence-electron chi connectivity index (χ3n) is 3.94. The Bertz CT molecular complexity index is 525. The molecule has 2 atom stereocenters. The smallest absolute Gasteiger partial charge is 0.410 e. The predicted molar refractivity (Wildman–Crippen MR) is 96.0 cm³/mol. The first kappa shape index (κ1) is 18.1. The van der Waals surface area contributed by atoms with Crippen LogP contribution in [0, 0.1) is 0 Å². The molecule has 0 aromatic heterocycles. The van der Waals surface area contributed by atoms with Crippen LogP contribution in [-0.4, -0.2) is 42.0 Å². The van der Waals surface area contributed by atoms with E-state index >= 15 is 0 Å². The number of nitrogens with one attached hydrogen (secondary N) is 1. The summed E-state index contributed by atoms with van der Waals surface area (Å²) in [7, 11) is 0. The molecule has 1 aromatic carbocycles. The van der Waals surface area contributed by atoms with Crippen LogP contribution in [0.2, 0.25) is 0 Å². The number of likely N-dealkylation sites (tertiary alicyclic amines) is 1. The van der Waals surface area contributed by atoms with E-state index in [-0.39, 0.29) is 12.1 Å². The number of hydrogen-bond donors (Lipinski definition) is 1. The molecule has 1 fully saturated rings. The number of carbonyl (C=O) groups is 1. The maximum absolute atomic E-state index is 12.1. The summed E-state index contributed by atoms with van der Waals surface area (Å²) in [5.41, 5.74) is 0.841. The Kier molecular flexibility index (Phi) is 5.98. The highest BCUT2D eigenvalue weighted by atomic mass is 32.2. The summed E-state index contributed by atoms with van der Waals surface area (Å²) in [6, 6.07) is 9.24. The molecule has 1 N–H and O–H groups in total. The minimum absolute atomic E-state index is 0.209. The summed E-state index contributed by atoms with van der Waals surface area (Å²) in [4.78, 5) is 15.2. The molecule has 5 heteroatoms. The monoisotopic (exact) mass is 336 g/mol. The van der Waals surface area contributed by atoms with Crippen molar-refractivity contribution in [1.82, 2.24) is 10.2 Å². The van der Waals surface area contributed by atoms with E-state index in [1.54, 1.807) is 16.7 Å². The molecule has 1 aliphatic heterocycles. The number of benzene rings is 1. The third kappa shape index (κ3) is 5.43. The predicted octanol–water partition coefficient (Wildman–Crippen LogP) is 4.07. The summed E-state index contributed by atoms with van der Waals surface area (Å²) in [6.45, 7) is 9.34. The van der Waals surface area contributed by atoms with Crippen molar-refractivity contribution in [3.8, 4) is 0 Å². The lowest BCUT2D eigenvalue weighted by atomic mass is 10.1. The molecule has 0 saturated carbocycles. The van der Waals surface area contributed by atoms with Gasteiger partial charge in [-0.3, -0.25) is 0 Å². The number of amides is 1. The second-order valence-electron chi connectivity index (χ2n) is 7.07. The Hall–Kier alpha value is -1.20. The number of rotatable bonds is 4. The lowest BCUT2D eigenvalue weighted by Gasteiger charge is -2.25. The first-order chi connectivity index (χ1) is 10.8. The summed E-state index contributed by atoms with van der Waals surface area (Å²) in [5.74, 6) is 0. The molecule has 0 bridgehead atoms. The van der Waals surface area contributed by atoms with Gasteiger partial charge in [0.25, 0.3) is 0 Å². The fraction of sp³-hybridized carbons (Fsp3) is 0.611. The van der Waals surface area contributed by atoms with Gasteiger partial charge in [-0.15, -0.1) is 11.8 Å². The van der Waals surface area contributed by atoms with Gasteiger partial charge < -0.3 is 15.0 Å². The van der Waals surface area contributed by atoms with Gasteiger partial charge in [0.1, 0.15) is 5.60 Å². The molecule has 4 nitrogen and oxygen atoms in total. The molecule has 1 heterocycles. The Labute approximate surface area is 144 Å². The molecule has 2 rings (SSSR count). The van der Waals surface area contributed by atoms with Gasteiger partial charge in [0.05, 0.1) is 0 Å². The highest BCUT2D eigenvalue weighted by Gasteiger charge is 2.30. The molecule has 2 unspecified atom stereocenters. The molecule has 128 valence electrons. The van der Waals surface area contributed by atoms with Gasteiger partial charge in [-0.25, -0.2) is 4.79 Å². The number of nitrogens with zero attached hydrogens (tertiary/aromatic N) is 1.